The molecule has 1 aliphatic rings. The number of hydrogen-bond donors (Lipinski definition) is 1. The first kappa shape index (κ1) is 21.5. The second-order valence-corrected chi connectivity index (χ2v) is 9.48. The van der Waals surface area contributed by atoms with Gasteiger partial charge in [-0.25, -0.2) is 8.42 Å². The number of benzene rings is 2. The maximum atomic E-state index is 13.1. The summed E-state index contributed by atoms with van der Waals surface area (Å²) in [5, 5.41) is 3.17. The van der Waals surface area contributed by atoms with Gasteiger partial charge in [0.15, 0.2) is 0 Å². The smallest absolute Gasteiger partial charge is 0.253 e. The van der Waals surface area contributed by atoms with E-state index in [1.54, 1.807) is 17.0 Å². The van der Waals surface area contributed by atoms with Crippen molar-refractivity contribution < 1.29 is 13.2 Å². The zero-order chi connectivity index (χ0) is 20.7. The van der Waals surface area contributed by atoms with E-state index in [4.69, 9.17) is 0 Å². The Morgan fingerprint density at radius 2 is 1.62 bits per heavy atom. The van der Waals surface area contributed by atoms with Gasteiger partial charge in [0.2, 0.25) is 10.0 Å². The molecular formula is C22H29N3O3S. The SMILES string of the molecule is C[C@@H](CN(CCS(=O)(=O)N1CCNCC1)C(=O)c1ccccc1)c1ccccc1. The predicted molar refractivity (Wildman–Crippen MR) is 115 cm³/mol. The van der Waals surface area contributed by atoms with E-state index in [-0.39, 0.29) is 24.1 Å². The zero-order valence-electron chi connectivity index (χ0n) is 16.8. The fourth-order valence-electron chi connectivity index (χ4n) is 3.53. The van der Waals surface area contributed by atoms with Crippen LogP contribution in [0.5, 0.6) is 0 Å². The number of nitrogens with one attached hydrogen (secondary N) is 1. The number of carbonyl (C=O) groups excluding carboxylic acids is 1. The minimum Gasteiger partial charge on any atom is -0.337 e. The van der Waals surface area contributed by atoms with Crippen LogP contribution in [0.3, 0.4) is 0 Å². The van der Waals surface area contributed by atoms with E-state index in [0.717, 1.165) is 5.56 Å². The monoisotopic (exact) mass is 415 g/mol. The third-order valence-electron chi connectivity index (χ3n) is 5.26. The Morgan fingerprint density at radius 1 is 1.03 bits per heavy atom. The van der Waals surface area contributed by atoms with Crippen molar-refractivity contribution in [1.82, 2.24) is 14.5 Å². The molecule has 0 aliphatic carbocycles. The molecule has 0 bridgehead atoms. The highest BCUT2D eigenvalue weighted by Gasteiger charge is 2.26. The number of nitrogens with zero attached hydrogens (tertiary/aromatic N) is 2. The first-order chi connectivity index (χ1) is 14.0. The number of rotatable bonds is 8. The molecule has 0 unspecified atom stereocenters. The van der Waals surface area contributed by atoms with Crippen LogP contribution >= 0.6 is 0 Å². The summed E-state index contributed by atoms with van der Waals surface area (Å²) in [6.45, 7) is 5.00. The highest BCUT2D eigenvalue weighted by atomic mass is 32.2. The van der Waals surface area contributed by atoms with Crippen LogP contribution in [0, 0.1) is 0 Å². The van der Waals surface area contributed by atoms with Gasteiger partial charge in [0, 0.05) is 44.8 Å². The topological polar surface area (TPSA) is 69.7 Å². The maximum absolute atomic E-state index is 13.1. The quantitative estimate of drug-likeness (QED) is 0.717. The summed E-state index contributed by atoms with van der Waals surface area (Å²) in [6.07, 6.45) is 0. The summed E-state index contributed by atoms with van der Waals surface area (Å²) in [6, 6.07) is 19.0. The molecule has 0 radical (unpaired) electrons. The lowest BCUT2D eigenvalue weighted by atomic mass is 10.0. The number of sulfonamides is 1. The van der Waals surface area contributed by atoms with Gasteiger partial charge in [0.05, 0.1) is 5.75 Å². The van der Waals surface area contributed by atoms with E-state index in [9.17, 15) is 13.2 Å². The van der Waals surface area contributed by atoms with Crippen molar-refractivity contribution >= 4 is 15.9 Å². The van der Waals surface area contributed by atoms with Crippen LogP contribution in [0.2, 0.25) is 0 Å². The van der Waals surface area contributed by atoms with Gasteiger partial charge in [-0.15, -0.1) is 0 Å². The van der Waals surface area contributed by atoms with Gasteiger partial charge >= 0.3 is 0 Å². The fourth-order valence-corrected chi connectivity index (χ4v) is 4.98. The minimum absolute atomic E-state index is 0.0624. The Kier molecular flexibility index (Phi) is 7.41. The summed E-state index contributed by atoms with van der Waals surface area (Å²) in [7, 11) is -3.40. The van der Waals surface area contributed by atoms with Crippen LogP contribution in [0.1, 0.15) is 28.8 Å². The van der Waals surface area contributed by atoms with E-state index in [0.29, 0.717) is 38.3 Å². The van der Waals surface area contributed by atoms with Crippen molar-refractivity contribution in [2.45, 2.75) is 12.8 Å². The molecule has 1 heterocycles. The molecule has 29 heavy (non-hydrogen) atoms. The molecule has 3 rings (SSSR count). The third kappa shape index (κ3) is 5.88. The molecule has 0 saturated carbocycles. The molecular weight excluding hydrogens is 386 g/mol. The average Bonchev–Trinajstić information content (AvgIpc) is 2.78. The van der Waals surface area contributed by atoms with Crippen LogP contribution in [0.4, 0.5) is 0 Å². The lowest BCUT2D eigenvalue weighted by Gasteiger charge is -2.30. The molecule has 7 heteroatoms. The van der Waals surface area contributed by atoms with Crippen molar-refractivity contribution in [3.8, 4) is 0 Å². The number of amides is 1. The molecule has 1 amide bonds. The molecule has 1 aliphatic heterocycles. The highest BCUT2D eigenvalue weighted by Crippen LogP contribution is 2.18. The molecule has 2 aromatic rings. The number of carbonyl (C=O) groups is 1. The van der Waals surface area contributed by atoms with Gasteiger partial charge in [-0.05, 0) is 23.6 Å². The minimum atomic E-state index is -3.40. The van der Waals surface area contributed by atoms with E-state index in [1.807, 2.05) is 48.5 Å². The highest BCUT2D eigenvalue weighted by molar-refractivity contribution is 7.89. The molecule has 156 valence electrons. The molecule has 1 fully saturated rings. The Bertz CT molecular complexity index is 882. The first-order valence-electron chi connectivity index (χ1n) is 10.0. The lowest BCUT2D eigenvalue weighted by molar-refractivity contribution is 0.0757. The molecule has 6 nitrogen and oxygen atoms in total. The van der Waals surface area contributed by atoms with E-state index in [1.165, 1.54) is 4.31 Å². The predicted octanol–water partition coefficient (Wildman–Crippen LogP) is 2.17. The Morgan fingerprint density at radius 3 is 2.24 bits per heavy atom. The first-order valence-corrected chi connectivity index (χ1v) is 11.7. The molecule has 1 N–H and O–H groups in total. The average molecular weight is 416 g/mol. The maximum Gasteiger partial charge on any atom is 0.253 e. The largest absolute Gasteiger partial charge is 0.337 e. The van der Waals surface area contributed by atoms with Crippen LogP contribution in [0.15, 0.2) is 60.7 Å². The second-order valence-electron chi connectivity index (χ2n) is 7.39. The van der Waals surface area contributed by atoms with Gasteiger partial charge in [-0.3, -0.25) is 4.79 Å². The summed E-state index contributed by atoms with van der Waals surface area (Å²) < 4.78 is 27.1. The van der Waals surface area contributed by atoms with Crippen molar-refractivity contribution in [1.29, 1.82) is 0 Å². The normalized spacial score (nSPS) is 16.3. The van der Waals surface area contributed by atoms with E-state index >= 15 is 0 Å². The van der Waals surface area contributed by atoms with Crippen molar-refractivity contribution in [2.75, 3.05) is 45.0 Å². The van der Waals surface area contributed by atoms with Gasteiger partial charge in [0.1, 0.15) is 0 Å². The molecule has 0 aromatic heterocycles. The van der Waals surface area contributed by atoms with Crippen molar-refractivity contribution in [3.05, 3.63) is 71.8 Å². The summed E-state index contributed by atoms with van der Waals surface area (Å²) >= 11 is 0. The summed E-state index contributed by atoms with van der Waals surface area (Å²) in [5.41, 5.74) is 1.70. The standard InChI is InChI=1S/C22H29N3O3S/c1-19(20-8-4-2-5-9-20)18-24(22(26)21-10-6-3-7-11-21)16-17-29(27,28)25-14-12-23-13-15-25/h2-11,19,23H,12-18H2,1H3/t19-/m0/s1. The molecule has 1 saturated heterocycles. The van der Waals surface area contributed by atoms with Crippen LogP contribution in [0.25, 0.3) is 0 Å². The fraction of sp³-hybridized carbons (Fsp3) is 0.409. The summed E-state index contributed by atoms with van der Waals surface area (Å²) in [4.78, 5) is 14.8. The van der Waals surface area contributed by atoms with Crippen molar-refractivity contribution in [3.63, 3.8) is 0 Å². The van der Waals surface area contributed by atoms with Crippen LogP contribution < -0.4 is 5.32 Å². The van der Waals surface area contributed by atoms with E-state index < -0.39 is 10.0 Å². The number of hydrogen-bond acceptors (Lipinski definition) is 4. The summed E-state index contributed by atoms with van der Waals surface area (Å²) in [5.74, 6) is -0.0952. The molecule has 1 atom stereocenters. The molecule has 2 aromatic carbocycles. The second kappa shape index (κ2) is 10.0. The van der Waals surface area contributed by atoms with Gasteiger partial charge < -0.3 is 10.2 Å². The van der Waals surface area contributed by atoms with Crippen LogP contribution in [-0.2, 0) is 10.0 Å². The van der Waals surface area contributed by atoms with Crippen molar-refractivity contribution in [2.24, 2.45) is 0 Å². The van der Waals surface area contributed by atoms with Gasteiger partial charge in [-0.1, -0.05) is 55.5 Å². The third-order valence-corrected chi connectivity index (χ3v) is 7.11. The van der Waals surface area contributed by atoms with Gasteiger partial charge in [-0.2, -0.15) is 4.31 Å². The lowest BCUT2D eigenvalue weighted by Crippen LogP contribution is -2.48. The number of piperazine rings is 1. The Balaban J connectivity index is 1.74. The molecule has 0 spiro atoms. The Labute approximate surface area is 173 Å². The van der Waals surface area contributed by atoms with E-state index in [2.05, 4.69) is 12.2 Å². The van der Waals surface area contributed by atoms with Crippen LogP contribution in [-0.4, -0.2) is 68.6 Å². The Hall–Kier alpha value is -2.22. The van der Waals surface area contributed by atoms with Gasteiger partial charge in [0.25, 0.3) is 5.91 Å². The zero-order valence-corrected chi connectivity index (χ0v) is 17.6.